The normalized spacial score (nSPS) is 11.4. The number of carboxylic acid groups (broad SMARTS) is 1. The summed E-state index contributed by atoms with van der Waals surface area (Å²) >= 11 is 1.09. The van der Waals surface area contributed by atoms with Crippen LogP contribution in [0.25, 0.3) is 0 Å². The number of nitrogens with zero attached hydrogens (tertiary/aromatic N) is 1. The number of hydrogen-bond donors (Lipinski definition) is 2. The molecule has 0 aromatic carbocycles. The summed E-state index contributed by atoms with van der Waals surface area (Å²) in [4.78, 5) is 14.3. The van der Waals surface area contributed by atoms with E-state index < -0.39 is 16.0 Å². The summed E-state index contributed by atoms with van der Waals surface area (Å²) in [5.41, 5.74) is 0.357. The number of carboxylic acids is 1. The number of rotatable bonds is 7. The third-order valence-electron chi connectivity index (χ3n) is 1.89. The zero-order valence-corrected chi connectivity index (χ0v) is 11.0. The van der Waals surface area contributed by atoms with Crippen molar-refractivity contribution in [2.45, 2.75) is 26.2 Å². The van der Waals surface area contributed by atoms with Gasteiger partial charge in [0.05, 0.1) is 17.9 Å². The predicted molar refractivity (Wildman–Crippen MR) is 65.8 cm³/mol. The number of unbranched alkanes of at least 4 members (excludes halogenated alkanes) is 1. The van der Waals surface area contributed by atoms with E-state index in [-0.39, 0.29) is 17.3 Å². The molecule has 2 N–H and O–H groups in total. The Morgan fingerprint density at radius 1 is 1.59 bits per heavy atom. The molecule has 6 nitrogen and oxygen atoms in total. The number of hydrogen-bond acceptors (Lipinski definition) is 5. The number of aromatic nitrogens is 1. The lowest BCUT2D eigenvalue weighted by atomic mass is 10.3. The first kappa shape index (κ1) is 13.9. The molecule has 0 saturated heterocycles. The van der Waals surface area contributed by atoms with Crippen LogP contribution in [-0.4, -0.2) is 30.2 Å². The molecule has 0 saturated carbocycles. The Balaban J connectivity index is 2.62. The Morgan fingerprint density at radius 2 is 2.29 bits per heavy atom. The van der Waals surface area contributed by atoms with Gasteiger partial charge in [-0.3, -0.25) is 9.52 Å². The minimum atomic E-state index is -3.36. The first-order valence-corrected chi connectivity index (χ1v) is 7.63. The minimum absolute atomic E-state index is 0.0529. The van der Waals surface area contributed by atoms with E-state index >= 15 is 0 Å². The van der Waals surface area contributed by atoms with E-state index in [2.05, 4.69) is 9.71 Å². The summed E-state index contributed by atoms with van der Waals surface area (Å²) in [6.07, 6.45) is 1.18. The van der Waals surface area contributed by atoms with Crippen molar-refractivity contribution in [3.8, 4) is 0 Å². The van der Waals surface area contributed by atoms with E-state index in [1.165, 1.54) is 5.38 Å². The van der Waals surface area contributed by atoms with Crippen LogP contribution in [-0.2, 0) is 21.2 Å². The maximum atomic E-state index is 11.5. The molecule has 8 heteroatoms. The third-order valence-corrected chi connectivity index (χ3v) is 4.16. The van der Waals surface area contributed by atoms with Crippen molar-refractivity contribution in [1.82, 2.24) is 4.98 Å². The van der Waals surface area contributed by atoms with Gasteiger partial charge in [-0.05, 0) is 6.42 Å². The molecule has 96 valence electrons. The molecule has 0 amide bonds. The molecule has 0 unspecified atom stereocenters. The van der Waals surface area contributed by atoms with Crippen LogP contribution in [0.1, 0.15) is 25.5 Å². The van der Waals surface area contributed by atoms with Gasteiger partial charge in [0.15, 0.2) is 5.13 Å². The zero-order valence-electron chi connectivity index (χ0n) is 9.34. The van der Waals surface area contributed by atoms with Gasteiger partial charge in [-0.15, -0.1) is 11.3 Å². The van der Waals surface area contributed by atoms with Gasteiger partial charge >= 0.3 is 5.97 Å². The lowest BCUT2D eigenvalue weighted by Gasteiger charge is -2.03. The van der Waals surface area contributed by atoms with Crippen LogP contribution in [0.5, 0.6) is 0 Å². The van der Waals surface area contributed by atoms with E-state index in [1.54, 1.807) is 0 Å². The first-order chi connectivity index (χ1) is 7.93. The van der Waals surface area contributed by atoms with Gasteiger partial charge in [-0.1, -0.05) is 13.3 Å². The van der Waals surface area contributed by atoms with Crippen LogP contribution in [0.3, 0.4) is 0 Å². The number of sulfonamides is 1. The van der Waals surface area contributed by atoms with E-state index in [4.69, 9.17) is 5.11 Å². The molecule has 0 fully saturated rings. The van der Waals surface area contributed by atoms with Crippen molar-refractivity contribution in [2.24, 2.45) is 0 Å². The standard InChI is InChI=1S/C9H14N2O4S2/c1-2-3-4-17(14,15)11-9-10-7(6-16-9)5-8(12)13/h6H,2-5H2,1H3,(H,10,11)(H,12,13). The predicted octanol–water partition coefficient (Wildman–Crippen LogP) is 1.31. The van der Waals surface area contributed by atoms with Crippen LogP contribution >= 0.6 is 11.3 Å². The minimum Gasteiger partial charge on any atom is -0.481 e. The van der Waals surface area contributed by atoms with Gasteiger partial charge in [-0.2, -0.15) is 0 Å². The van der Waals surface area contributed by atoms with Crippen molar-refractivity contribution >= 4 is 32.5 Å². The summed E-state index contributed by atoms with van der Waals surface area (Å²) in [6.45, 7) is 1.91. The highest BCUT2D eigenvalue weighted by molar-refractivity contribution is 7.92. The lowest BCUT2D eigenvalue weighted by Crippen LogP contribution is -2.16. The van der Waals surface area contributed by atoms with Crippen molar-refractivity contribution in [1.29, 1.82) is 0 Å². The average molecular weight is 278 g/mol. The molecule has 1 heterocycles. The highest BCUT2D eigenvalue weighted by Gasteiger charge is 2.13. The third kappa shape index (κ3) is 5.14. The second-order valence-corrected chi connectivity index (χ2v) is 6.19. The number of carbonyl (C=O) groups is 1. The Hall–Kier alpha value is -1.15. The first-order valence-electron chi connectivity index (χ1n) is 5.09. The van der Waals surface area contributed by atoms with Crippen molar-refractivity contribution in [3.05, 3.63) is 11.1 Å². The molecular weight excluding hydrogens is 264 g/mol. The largest absolute Gasteiger partial charge is 0.481 e. The quantitative estimate of drug-likeness (QED) is 0.784. The molecular formula is C9H14N2O4S2. The molecule has 0 bridgehead atoms. The molecule has 1 rings (SSSR count). The van der Waals surface area contributed by atoms with Gasteiger partial charge < -0.3 is 5.11 Å². The Kier molecular flexibility index (Phi) is 4.88. The van der Waals surface area contributed by atoms with Crippen LogP contribution in [0.2, 0.25) is 0 Å². The van der Waals surface area contributed by atoms with Crippen molar-refractivity contribution in [2.75, 3.05) is 10.5 Å². The van der Waals surface area contributed by atoms with Gasteiger partial charge in [0.1, 0.15) is 0 Å². The molecule has 0 aliphatic heterocycles. The molecule has 0 aliphatic carbocycles. The lowest BCUT2D eigenvalue weighted by molar-refractivity contribution is -0.136. The fraction of sp³-hybridized carbons (Fsp3) is 0.556. The van der Waals surface area contributed by atoms with E-state index in [1.807, 2.05) is 6.92 Å². The number of anilines is 1. The zero-order chi connectivity index (χ0) is 12.9. The Labute approximate surface area is 104 Å². The SMILES string of the molecule is CCCCS(=O)(=O)Nc1nc(CC(=O)O)cs1. The average Bonchev–Trinajstić information content (AvgIpc) is 2.60. The molecule has 17 heavy (non-hydrogen) atoms. The topological polar surface area (TPSA) is 96.4 Å². The summed E-state index contributed by atoms with van der Waals surface area (Å²) in [5, 5.41) is 10.3. The molecule has 0 radical (unpaired) electrons. The van der Waals surface area contributed by atoms with Crippen LogP contribution in [0, 0.1) is 0 Å². The molecule has 1 aromatic rings. The number of nitrogens with one attached hydrogen (secondary N) is 1. The molecule has 1 aromatic heterocycles. The van der Waals surface area contributed by atoms with Crippen molar-refractivity contribution in [3.63, 3.8) is 0 Å². The fourth-order valence-corrected chi connectivity index (χ4v) is 3.32. The highest BCUT2D eigenvalue weighted by Crippen LogP contribution is 2.17. The number of aliphatic carboxylic acids is 1. The van der Waals surface area contributed by atoms with Gasteiger partial charge in [0.25, 0.3) is 0 Å². The van der Waals surface area contributed by atoms with Crippen LogP contribution < -0.4 is 4.72 Å². The number of thiazole rings is 1. The van der Waals surface area contributed by atoms with E-state index in [9.17, 15) is 13.2 Å². The summed E-state index contributed by atoms with van der Waals surface area (Å²) < 4.78 is 25.4. The molecule has 0 spiro atoms. The summed E-state index contributed by atoms with van der Waals surface area (Å²) in [5.74, 6) is -0.937. The van der Waals surface area contributed by atoms with E-state index in [0.29, 0.717) is 12.1 Å². The second-order valence-electron chi connectivity index (χ2n) is 3.49. The Morgan fingerprint density at radius 3 is 2.88 bits per heavy atom. The summed E-state index contributed by atoms with van der Waals surface area (Å²) in [7, 11) is -3.36. The van der Waals surface area contributed by atoms with Gasteiger partial charge in [-0.25, -0.2) is 13.4 Å². The van der Waals surface area contributed by atoms with Crippen LogP contribution in [0.4, 0.5) is 5.13 Å². The fourth-order valence-electron chi connectivity index (χ4n) is 1.11. The van der Waals surface area contributed by atoms with Gasteiger partial charge in [0, 0.05) is 5.38 Å². The monoisotopic (exact) mass is 278 g/mol. The maximum Gasteiger partial charge on any atom is 0.309 e. The van der Waals surface area contributed by atoms with Crippen LogP contribution in [0.15, 0.2) is 5.38 Å². The summed E-state index contributed by atoms with van der Waals surface area (Å²) in [6, 6.07) is 0. The molecule has 0 aliphatic rings. The second kappa shape index (κ2) is 5.97. The Bertz CT molecular complexity index is 481. The smallest absolute Gasteiger partial charge is 0.309 e. The van der Waals surface area contributed by atoms with E-state index in [0.717, 1.165) is 17.8 Å². The highest BCUT2D eigenvalue weighted by atomic mass is 32.2. The van der Waals surface area contributed by atoms with Gasteiger partial charge in [0.2, 0.25) is 10.0 Å². The maximum absolute atomic E-state index is 11.5. The molecule has 0 atom stereocenters. The van der Waals surface area contributed by atoms with Crippen molar-refractivity contribution < 1.29 is 18.3 Å².